The highest BCUT2D eigenvalue weighted by Crippen LogP contribution is 2.33. The van der Waals surface area contributed by atoms with Gasteiger partial charge in [0, 0.05) is 18.1 Å². The summed E-state index contributed by atoms with van der Waals surface area (Å²) in [5.41, 5.74) is 6.04. The van der Waals surface area contributed by atoms with Gasteiger partial charge in [-0.05, 0) is 43.4 Å². The molecule has 2 N–H and O–H groups in total. The molecule has 1 saturated carbocycles. The quantitative estimate of drug-likeness (QED) is 0.822. The van der Waals surface area contributed by atoms with Crippen molar-refractivity contribution in [2.24, 2.45) is 5.92 Å². The molecule has 2 rings (SSSR count). The van der Waals surface area contributed by atoms with Crippen molar-refractivity contribution >= 4 is 27.3 Å². The highest BCUT2D eigenvalue weighted by molar-refractivity contribution is 7.89. The van der Waals surface area contributed by atoms with Crippen LogP contribution in [0.1, 0.15) is 26.2 Å². The van der Waals surface area contributed by atoms with Gasteiger partial charge in [-0.25, -0.2) is 8.42 Å². The van der Waals surface area contributed by atoms with E-state index in [1.807, 2.05) is 6.92 Å². The lowest BCUT2D eigenvalue weighted by molar-refractivity contribution is 0.396. The molecule has 1 aliphatic rings. The Morgan fingerprint density at radius 3 is 2.68 bits per heavy atom. The first-order valence-electron chi connectivity index (χ1n) is 6.50. The number of nitrogen functional groups attached to an aromatic ring is 1. The van der Waals surface area contributed by atoms with Gasteiger partial charge in [0.05, 0.1) is 5.69 Å². The highest BCUT2D eigenvalue weighted by Gasteiger charge is 2.32. The molecular formula is C13H19ClN2O2S. The molecule has 1 aromatic carbocycles. The second kappa shape index (κ2) is 5.69. The Kier molecular flexibility index (Phi) is 4.38. The molecule has 0 aliphatic heterocycles. The first-order valence-corrected chi connectivity index (χ1v) is 8.32. The van der Waals surface area contributed by atoms with Crippen molar-refractivity contribution in [1.29, 1.82) is 0 Å². The molecule has 6 heteroatoms. The maximum Gasteiger partial charge on any atom is 0.245 e. The number of halogens is 1. The van der Waals surface area contributed by atoms with Gasteiger partial charge in [-0.3, -0.25) is 0 Å². The second-order valence-electron chi connectivity index (χ2n) is 4.99. The van der Waals surface area contributed by atoms with E-state index in [4.69, 9.17) is 17.3 Å². The Balaban J connectivity index is 2.34. The van der Waals surface area contributed by atoms with Crippen LogP contribution >= 0.6 is 11.6 Å². The van der Waals surface area contributed by atoms with Crippen LogP contribution in [0.5, 0.6) is 0 Å². The van der Waals surface area contributed by atoms with Gasteiger partial charge >= 0.3 is 0 Å². The van der Waals surface area contributed by atoms with Crippen LogP contribution in [-0.2, 0) is 10.0 Å². The smallest absolute Gasteiger partial charge is 0.245 e. The monoisotopic (exact) mass is 302 g/mol. The first-order chi connectivity index (χ1) is 8.95. The maximum absolute atomic E-state index is 12.6. The summed E-state index contributed by atoms with van der Waals surface area (Å²) in [4.78, 5) is 0.120. The summed E-state index contributed by atoms with van der Waals surface area (Å²) in [7, 11) is -3.55. The molecule has 1 aliphatic carbocycles. The number of nitrogens with two attached hydrogens (primary N) is 1. The molecule has 0 aromatic heterocycles. The van der Waals surface area contributed by atoms with E-state index in [-0.39, 0.29) is 10.6 Å². The lowest BCUT2D eigenvalue weighted by Gasteiger charge is -2.22. The zero-order valence-electron chi connectivity index (χ0n) is 11.0. The van der Waals surface area contributed by atoms with Crippen molar-refractivity contribution in [1.82, 2.24) is 4.31 Å². The Hall–Kier alpha value is -0.780. The minimum absolute atomic E-state index is 0.120. The summed E-state index contributed by atoms with van der Waals surface area (Å²) in [5.74, 6) is 0.502. The number of rotatable bonds is 6. The van der Waals surface area contributed by atoms with Crippen LogP contribution in [0.15, 0.2) is 23.1 Å². The fourth-order valence-electron chi connectivity index (χ4n) is 2.02. The standard InChI is InChI=1S/C13H19ClN2O2S/c1-2-7-16(9-10-3-4-10)19(17,18)13-8-11(14)5-6-12(13)15/h5-6,8,10H,2-4,7,9,15H2,1H3. The third-order valence-corrected chi connectivity index (χ3v) is 5.38. The average Bonchev–Trinajstić information content (AvgIpc) is 3.15. The van der Waals surface area contributed by atoms with Crippen LogP contribution in [0.3, 0.4) is 0 Å². The largest absolute Gasteiger partial charge is 0.398 e. The number of hydrogen-bond acceptors (Lipinski definition) is 3. The molecule has 0 bridgehead atoms. The molecule has 0 heterocycles. The van der Waals surface area contributed by atoms with Gasteiger partial charge in [0.25, 0.3) is 0 Å². The summed E-state index contributed by atoms with van der Waals surface area (Å²) < 4.78 is 26.8. The number of benzene rings is 1. The average molecular weight is 303 g/mol. The number of sulfonamides is 1. The molecule has 4 nitrogen and oxygen atoms in total. The molecule has 1 aromatic rings. The van der Waals surface area contributed by atoms with Gasteiger partial charge in [-0.2, -0.15) is 4.31 Å². The molecule has 0 atom stereocenters. The number of anilines is 1. The SMILES string of the molecule is CCCN(CC1CC1)S(=O)(=O)c1cc(Cl)ccc1N. The van der Waals surface area contributed by atoms with Crippen LogP contribution in [0.2, 0.25) is 5.02 Å². The minimum Gasteiger partial charge on any atom is -0.398 e. The zero-order valence-corrected chi connectivity index (χ0v) is 12.5. The van der Waals surface area contributed by atoms with Crippen molar-refractivity contribution in [2.75, 3.05) is 18.8 Å². The zero-order chi connectivity index (χ0) is 14.0. The van der Waals surface area contributed by atoms with Gasteiger partial charge in [0.2, 0.25) is 10.0 Å². The van der Waals surface area contributed by atoms with Gasteiger partial charge in [0.1, 0.15) is 4.90 Å². The van der Waals surface area contributed by atoms with Crippen LogP contribution in [0.4, 0.5) is 5.69 Å². The Morgan fingerprint density at radius 1 is 1.42 bits per heavy atom. The normalized spacial score (nSPS) is 15.9. The Bertz CT molecular complexity index is 556. The minimum atomic E-state index is -3.55. The molecule has 1 fully saturated rings. The van der Waals surface area contributed by atoms with E-state index in [0.717, 1.165) is 19.3 Å². The molecule has 0 spiro atoms. The van der Waals surface area contributed by atoms with E-state index < -0.39 is 10.0 Å². The molecule has 0 unspecified atom stereocenters. The lowest BCUT2D eigenvalue weighted by atomic mass is 10.3. The van der Waals surface area contributed by atoms with E-state index in [9.17, 15) is 8.42 Å². The molecule has 0 saturated heterocycles. The number of hydrogen-bond donors (Lipinski definition) is 1. The second-order valence-corrected chi connectivity index (χ2v) is 7.33. The van der Waals surface area contributed by atoms with E-state index in [1.165, 1.54) is 16.4 Å². The predicted molar refractivity (Wildman–Crippen MR) is 77.6 cm³/mol. The van der Waals surface area contributed by atoms with E-state index in [2.05, 4.69) is 0 Å². The van der Waals surface area contributed by atoms with Gasteiger partial charge in [0.15, 0.2) is 0 Å². The van der Waals surface area contributed by atoms with Crippen LogP contribution in [0, 0.1) is 5.92 Å². The first kappa shape index (κ1) is 14.6. The molecule has 106 valence electrons. The fourth-order valence-corrected chi connectivity index (χ4v) is 4.00. The van der Waals surface area contributed by atoms with Gasteiger partial charge in [-0.15, -0.1) is 0 Å². The molecule has 0 radical (unpaired) electrons. The third kappa shape index (κ3) is 3.41. The molecule has 19 heavy (non-hydrogen) atoms. The van der Waals surface area contributed by atoms with Crippen LogP contribution < -0.4 is 5.73 Å². The van der Waals surface area contributed by atoms with Crippen molar-refractivity contribution in [3.8, 4) is 0 Å². The van der Waals surface area contributed by atoms with E-state index in [1.54, 1.807) is 6.07 Å². The summed E-state index contributed by atoms with van der Waals surface area (Å²) in [5, 5.41) is 0.385. The Labute approximate surface area is 119 Å². The third-order valence-electron chi connectivity index (χ3n) is 3.23. The highest BCUT2D eigenvalue weighted by atomic mass is 35.5. The topological polar surface area (TPSA) is 63.4 Å². The van der Waals surface area contributed by atoms with Crippen LogP contribution in [0.25, 0.3) is 0 Å². The summed E-state index contributed by atoms with van der Waals surface area (Å²) in [6.45, 7) is 3.07. The Morgan fingerprint density at radius 2 is 2.11 bits per heavy atom. The summed E-state index contributed by atoms with van der Waals surface area (Å²) in [6, 6.07) is 4.57. The lowest BCUT2D eigenvalue weighted by Crippen LogP contribution is -2.34. The summed E-state index contributed by atoms with van der Waals surface area (Å²) in [6.07, 6.45) is 3.01. The predicted octanol–water partition coefficient (Wildman–Crippen LogP) is 2.73. The van der Waals surface area contributed by atoms with Gasteiger partial charge in [-0.1, -0.05) is 18.5 Å². The number of nitrogens with zero attached hydrogens (tertiary/aromatic N) is 1. The van der Waals surface area contributed by atoms with E-state index >= 15 is 0 Å². The van der Waals surface area contributed by atoms with Crippen molar-refractivity contribution in [3.63, 3.8) is 0 Å². The summed E-state index contributed by atoms with van der Waals surface area (Å²) >= 11 is 5.88. The van der Waals surface area contributed by atoms with E-state index in [0.29, 0.717) is 24.0 Å². The van der Waals surface area contributed by atoms with Gasteiger partial charge < -0.3 is 5.73 Å². The maximum atomic E-state index is 12.6. The fraction of sp³-hybridized carbons (Fsp3) is 0.538. The van der Waals surface area contributed by atoms with Crippen molar-refractivity contribution < 1.29 is 8.42 Å². The van der Waals surface area contributed by atoms with Crippen molar-refractivity contribution in [2.45, 2.75) is 31.1 Å². The van der Waals surface area contributed by atoms with Crippen LogP contribution in [-0.4, -0.2) is 25.8 Å². The molecular weight excluding hydrogens is 284 g/mol. The molecule has 0 amide bonds. The van der Waals surface area contributed by atoms with Crippen molar-refractivity contribution in [3.05, 3.63) is 23.2 Å².